The van der Waals surface area contributed by atoms with Gasteiger partial charge in [-0.1, -0.05) is 0 Å². The van der Waals surface area contributed by atoms with E-state index in [-0.39, 0.29) is 12.4 Å². The molecule has 8 heteroatoms. The van der Waals surface area contributed by atoms with Crippen molar-refractivity contribution in [3.05, 3.63) is 0 Å². The van der Waals surface area contributed by atoms with Crippen molar-refractivity contribution in [1.82, 2.24) is 4.90 Å². The van der Waals surface area contributed by atoms with E-state index in [2.05, 4.69) is 4.90 Å². The number of nitrogens with zero attached hydrogens (tertiary/aromatic N) is 1. The Morgan fingerprint density at radius 2 is 1.55 bits per heavy atom. The van der Waals surface area contributed by atoms with Crippen molar-refractivity contribution in [3.8, 4) is 0 Å². The molecule has 2 aliphatic rings. The molecule has 118 valence electrons. The fourth-order valence-electron chi connectivity index (χ4n) is 2.93. The molecule has 2 fully saturated rings. The van der Waals surface area contributed by atoms with Crippen molar-refractivity contribution < 1.29 is 24.9 Å². The van der Waals surface area contributed by atoms with Crippen LogP contribution in [-0.4, -0.2) is 63.4 Å². The number of aliphatic hydroxyl groups excluding tert-OH is 1. The molecule has 0 amide bonds. The lowest BCUT2D eigenvalue weighted by Crippen LogP contribution is -2.47. The molecule has 0 aromatic heterocycles. The van der Waals surface area contributed by atoms with Crippen molar-refractivity contribution in [3.63, 3.8) is 0 Å². The summed E-state index contributed by atoms with van der Waals surface area (Å²) in [4.78, 5) is 20.8. The Morgan fingerprint density at radius 1 is 1.10 bits per heavy atom. The van der Waals surface area contributed by atoms with Crippen LogP contribution in [0.15, 0.2) is 0 Å². The van der Waals surface area contributed by atoms with Crippen LogP contribution in [0.1, 0.15) is 32.1 Å². The SMILES string of the molecule is Cl.NC1CC2CCC(C1)N2CCCO.O=C(O)C(=O)O. The lowest BCUT2D eigenvalue weighted by Gasteiger charge is -2.37. The summed E-state index contributed by atoms with van der Waals surface area (Å²) in [6.45, 7) is 1.39. The average Bonchev–Trinajstić information content (AvgIpc) is 2.57. The molecule has 0 radical (unpaired) electrons. The van der Waals surface area contributed by atoms with Gasteiger partial charge >= 0.3 is 11.9 Å². The molecule has 0 aromatic carbocycles. The summed E-state index contributed by atoms with van der Waals surface area (Å²) in [5.41, 5.74) is 5.97. The summed E-state index contributed by atoms with van der Waals surface area (Å²) in [7, 11) is 0. The summed E-state index contributed by atoms with van der Waals surface area (Å²) < 4.78 is 0. The minimum Gasteiger partial charge on any atom is -0.473 e. The molecule has 7 nitrogen and oxygen atoms in total. The smallest absolute Gasteiger partial charge is 0.414 e. The average molecular weight is 311 g/mol. The number of hydrogen-bond acceptors (Lipinski definition) is 5. The number of piperidine rings is 1. The van der Waals surface area contributed by atoms with Crippen molar-refractivity contribution in [2.24, 2.45) is 5.73 Å². The fourth-order valence-corrected chi connectivity index (χ4v) is 2.93. The summed E-state index contributed by atoms with van der Waals surface area (Å²) >= 11 is 0. The van der Waals surface area contributed by atoms with E-state index in [9.17, 15) is 0 Å². The van der Waals surface area contributed by atoms with Crippen LogP contribution in [0.3, 0.4) is 0 Å². The predicted molar refractivity (Wildman–Crippen MR) is 74.9 cm³/mol. The van der Waals surface area contributed by atoms with Gasteiger partial charge in [-0.05, 0) is 32.1 Å². The highest BCUT2D eigenvalue weighted by Gasteiger charge is 2.38. The van der Waals surface area contributed by atoms with Crippen LogP contribution < -0.4 is 5.73 Å². The molecule has 2 atom stereocenters. The summed E-state index contributed by atoms with van der Waals surface area (Å²) in [6, 6.07) is 1.88. The number of nitrogens with two attached hydrogens (primary N) is 1. The lowest BCUT2D eigenvalue weighted by atomic mass is 9.98. The predicted octanol–water partition coefficient (Wildman–Crippen LogP) is -0.0997. The van der Waals surface area contributed by atoms with E-state index in [1.54, 1.807) is 0 Å². The minimum atomic E-state index is -1.82. The second-order valence-electron chi connectivity index (χ2n) is 5.04. The van der Waals surface area contributed by atoms with Gasteiger partial charge in [0.15, 0.2) is 0 Å². The van der Waals surface area contributed by atoms with Crippen molar-refractivity contribution in [2.45, 2.75) is 50.2 Å². The number of rotatable bonds is 3. The summed E-state index contributed by atoms with van der Waals surface area (Å²) in [6.07, 6.45) is 5.90. The van der Waals surface area contributed by atoms with Gasteiger partial charge in [-0.3, -0.25) is 4.90 Å². The maximum absolute atomic E-state index is 9.10. The molecule has 0 spiro atoms. The third kappa shape index (κ3) is 5.62. The number of carbonyl (C=O) groups is 2. The van der Waals surface area contributed by atoms with Gasteiger partial charge in [0.05, 0.1) is 0 Å². The van der Waals surface area contributed by atoms with Gasteiger partial charge in [-0.25, -0.2) is 9.59 Å². The molecule has 0 saturated carbocycles. The Kier molecular flexibility index (Phi) is 8.71. The number of hydrogen-bond donors (Lipinski definition) is 4. The summed E-state index contributed by atoms with van der Waals surface area (Å²) in [5, 5.41) is 23.6. The van der Waals surface area contributed by atoms with Crippen molar-refractivity contribution in [1.29, 1.82) is 0 Å². The molecule has 2 saturated heterocycles. The third-order valence-corrected chi connectivity index (χ3v) is 3.68. The second-order valence-corrected chi connectivity index (χ2v) is 5.04. The van der Waals surface area contributed by atoms with E-state index in [0.29, 0.717) is 12.6 Å². The Hall–Kier alpha value is -0.890. The van der Waals surface area contributed by atoms with E-state index >= 15 is 0 Å². The lowest BCUT2D eigenvalue weighted by molar-refractivity contribution is -0.159. The van der Waals surface area contributed by atoms with Gasteiger partial charge in [-0.15, -0.1) is 12.4 Å². The van der Waals surface area contributed by atoms with Gasteiger partial charge in [0, 0.05) is 31.3 Å². The first-order valence-electron chi connectivity index (χ1n) is 6.54. The zero-order chi connectivity index (χ0) is 14.4. The first-order valence-corrected chi connectivity index (χ1v) is 6.54. The highest BCUT2D eigenvalue weighted by atomic mass is 35.5. The van der Waals surface area contributed by atoms with Gasteiger partial charge in [0.2, 0.25) is 0 Å². The van der Waals surface area contributed by atoms with E-state index in [0.717, 1.165) is 25.0 Å². The third-order valence-electron chi connectivity index (χ3n) is 3.68. The Morgan fingerprint density at radius 3 is 1.90 bits per heavy atom. The molecule has 20 heavy (non-hydrogen) atoms. The van der Waals surface area contributed by atoms with Crippen LogP contribution in [0, 0.1) is 0 Å². The van der Waals surface area contributed by atoms with Crippen LogP contribution in [0.5, 0.6) is 0 Å². The topological polar surface area (TPSA) is 124 Å². The number of carboxylic acids is 2. The zero-order valence-corrected chi connectivity index (χ0v) is 12.1. The second kappa shape index (κ2) is 9.12. The maximum Gasteiger partial charge on any atom is 0.414 e. The molecule has 2 rings (SSSR count). The van der Waals surface area contributed by atoms with Crippen molar-refractivity contribution in [2.75, 3.05) is 13.2 Å². The Bertz CT molecular complexity index is 303. The largest absolute Gasteiger partial charge is 0.473 e. The van der Waals surface area contributed by atoms with E-state index < -0.39 is 11.9 Å². The van der Waals surface area contributed by atoms with Gasteiger partial charge in [0.25, 0.3) is 0 Å². The molecule has 2 unspecified atom stereocenters. The minimum absolute atomic E-state index is 0. The van der Waals surface area contributed by atoms with E-state index in [1.807, 2.05) is 0 Å². The van der Waals surface area contributed by atoms with Gasteiger partial charge < -0.3 is 21.1 Å². The Labute approximate surface area is 124 Å². The van der Waals surface area contributed by atoms with Crippen LogP contribution in [0.2, 0.25) is 0 Å². The number of aliphatic hydroxyl groups is 1. The number of aliphatic carboxylic acids is 2. The first-order chi connectivity index (χ1) is 8.95. The molecule has 2 heterocycles. The zero-order valence-electron chi connectivity index (χ0n) is 11.3. The van der Waals surface area contributed by atoms with Gasteiger partial charge in [-0.2, -0.15) is 0 Å². The van der Waals surface area contributed by atoms with E-state index in [1.165, 1.54) is 25.7 Å². The summed E-state index contributed by atoms with van der Waals surface area (Å²) in [5.74, 6) is -3.65. The number of fused-ring (bicyclic) bond motifs is 2. The standard InChI is InChI=1S/C10H20N2O.C2H2O4.ClH/c11-8-6-9-2-3-10(7-8)12(9)4-1-5-13;3-1(4)2(5)6;/h8-10,13H,1-7,11H2;(H,3,4)(H,5,6);1H. The Balaban J connectivity index is 0.000000448. The molecule has 2 bridgehead atoms. The maximum atomic E-state index is 9.10. The normalized spacial score (nSPS) is 28.0. The van der Waals surface area contributed by atoms with Crippen LogP contribution in [0.25, 0.3) is 0 Å². The molecule has 0 aliphatic carbocycles. The molecule has 2 aliphatic heterocycles. The molecule has 0 aromatic rings. The van der Waals surface area contributed by atoms with Crippen molar-refractivity contribution >= 4 is 24.3 Å². The molecule has 5 N–H and O–H groups in total. The number of carboxylic acid groups (broad SMARTS) is 2. The van der Waals surface area contributed by atoms with Gasteiger partial charge in [0.1, 0.15) is 0 Å². The fraction of sp³-hybridized carbons (Fsp3) is 0.833. The van der Waals surface area contributed by atoms with E-state index in [4.69, 9.17) is 30.6 Å². The van der Waals surface area contributed by atoms with Crippen LogP contribution >= 0.6 is 12.4 Å². The van der Waals surface area contributed by atoms with Crippen LogP contribution in [-0.2, 0) is 9.59 Å². The highest BCUT2D eigenvalue weighted by molar-refractivity contribution is 6.27. The monoisotopic (exact) mass is 310 g/mol. The molecular weight excluding hydrogens is 288 g/mol. The quantitative estimate of drug-likeness (QED) is 0.536. The highest BCUT2D eigenvalue weighted by Crippen LogP contribution is 2.34. The first kappa shape index (κ1) is 19.1. The molecular formula is C12H23ClN2O5. The van der Waals surface area contributed by atoms with Crippen LogP contribution in [0.4, 0.5) is 0 Å². The number of halogens is 1.